The highest BCUT2D eigenvalue weighted by molar-refractivity contribution is 6.07. The van der Waals surface area contributed by atoms with Gasteiger partial charge in [0.15, 0.2) is 0 Å². The zero-order chi connectivity index (χ0) is 21.7. The van der Waals surface area contributed by atoms with Crippen LogP contribution in [0.3, 0.4) is 0 Å². The van der Waals surface area contributed by atoms with Crippen LogP contribution in [-0.4, -0.2) is 23.0 Å². The maximum Gasteiger partial charge on any atom is 0.416 e. The lowest BCUT2D eigenvalue weighted by Gasteiger charge is -2.15. The molecule has 0 saturated carbocycles. The van der Waals surface area contributed by atoms with Gasteiger partial charge in [-0.3, -0.25) is 4.79 Å². The van der Waals surface area contributed by atoms with E-state index in [1.165, 1.54) is 38.4 Å². The molecule has 2 N–H and O–H groups in total. The predicted octanol–water partition coefficient (Wildman–Crippen LogP) is 4.68. The summed E-state index contributed by atoms with van der Waals surface area (Å²) >= 11 is 0. The first-order valence-electron chi connectivity index (χ1n) is 8.96. The van der Waals surface area contributed by atoms with Gasteiger partial charge in [-0.25, -0.2) is 9.97 Å². The minimum atomic E-state index is -4.50. The van der Waals surface area contributed by atoms with E-state index in [4.69, 9.17) is 4.74 Å². The molecule has 2 heterocycles. The molecule has 0 aliphatic carbocycles. The molecule has 0 fully saturated rings. The number of amides is 1. The second-order valence-electron chi connectivity index (χ2n) is 6.35. The minimum absolute atomic E-state index is 0.0580. The van der Waals surface area contributed by atoms with E-state index in [-0.39, 0.29) is 29.2 Å². The van der Waals surface area contributed by atoms with Crippen LogP contribution in [0, 0.1) is 6.92 Å². The number of halogens is 3. The molecule has 0 atom stereocenters. The van der Waals surface area contributed by atoms with Crippen LogP contribution in [0.2, 0.25) is 0 Å². The number of pyridine rings is 2. The number of nitrogens with one attached hydrogen (secondary N) is 2. The molecule has 3 rings (SSSR count). The number of alkyl halides is 3. The van der Waals surface area contributed by atoms with Crippen LogP contribution in [0.4, 0.5) is 24.7 Å². The zero-order valence-corrected chi connectivity index (χ0v) is 16.2. The molecule has 0 radical (unpaired) electrons. The Balaban J connectivity index is 1.79. The Labute approximate surface area is 171 Å². The Bertz CT molecular complexity index is 1050. The molecule has 1 amide bonds. The first-order valence-corrected chi connectivity index (χ1v) is 8.96. The number of hydrogen-bond acceptors (Lipinski definition) is 5. The smallest absolute Gasteiger partial charge is 0.416 e. The summed E-state index contributed by atoms with van der Waals surface area (Å²) in [7, 11) is 1.51. The van der Waals surface area contributed by atoms with Crippen molar-refractivity contribution in [2.24, 2.45) is 0 Å². The van der Waals surface area contributed by atoms with Crippen molar-refractivity contribution >= 4 is 17.4 Å². The Morgan fingerprint density at radius 2 is 1.87 bits per heavy atom. The van der Waals surface area contributed by atoms with Crippen molar-refractivity contribution in [3.8, 4) is 5.88 Å². The third kappa shape index (κ3) is 4.86. The number of hydrogen-bond donors (Lipinski definition) is 2. The zero-order valence-electron chi connectivity index (χ0n) is 16.2. The lowest BCUT2D eigenvalue weighted by Crippen LogP contribution is -2.17. The van der Waals surface area contributed by atoms with Crippen molar-refractivity contribution in [2.45, 2.75) is 19.6 Å². The Morgan fingerprint density at radius 1 is 1.10 bits per heavy atom. The quantitative estimate of drug-likeness (QED) is 0.610. The molecule has 2 aromatic heterocycles. The van der Waals surface area contributed by atoms with Gasteiger partial charge in [0, 0.05) is 18.0 Å². The molecular weight excluding hydrogens is 397 g/mol. The summed E-state index contributed by atoms with van der Waals surface area (Å²) in [5, 5.41) is 5.57. The van der Waals surface area contributed by atoms with Crippen LogP contribution in [0.25, 0.3) is 0 Å². The first kappa shape index (κ1) is 21.1. The first-order chi connectivity index (χ1) is 14.3. The average Bonchev–Trinajstić information content (AvgIpc) is 2.73. The van der Waals surface area contributed by atoms with Gasteiger partial charge in [0.25, 0.3) is 5.91 Å². The maximum atomic E-state index is 13.1. The molecule has 0 bridgehead atoms. The van der Waals surface area contributed by atoms with Crippen molar-refractivity contribution in [3.63, 3.8) is 0 Å². The number of carbonyl (C=O) groups excluding carboxylic acids is 1. The van der Waals surface area contributed by atoms with E-state index in [2.05, 4.69) is 20.6 Å². The van der Waals surface area contributed by atoms with Crippen molar-refractivity contribution in [2.75, 3.05) is 17.7 Å². The molecule has 0 aliphatic heterocycles. The molecule has 3 aromatic rings. The summed E-state index contributed by atoms with van der Waals surface area (Å²) in [6.07, 6.45) is -3.00. The summed E-state index contributed by atoms with van der Waals surface area (Å²) in [5.41, 5.74) is 0.0858. The van der Waals surface area contributed by atoms with Crippen LogP contribution in [0.15, 0.2) is 54.7 Å². The van der Waals surface area contributed by atoms with Gasteiger partial charge >= 0.3 is 6.18 Å². The Hall–Kier alpha value is -3.62. The summed E-state index contributed by atoms with van der Waals surface area (Å²) < 4.78 is 44.4. The number of carbonyl (C=O) groups is 1. The van der Waals surface area contributed by atoms with Crippen LogP contribution >= 0.6 is 0 Å². The molecule has 0 unspecified atom stereocenters. The van der Waals surface area contributed by atoms with Gasteiger partial charge in [-0.2, -0.15) is 13.2 Å². The SMILES string of the molecule is COc1cccc(CNc2ncccc2C(=O)Nc2cccc(C(F)(F)F)c2C)n1. The lowest BCUT2D eigenvalue weighted by atomic mass is 10.1. The van der Waals surface area contributed by atoms with Gasteiger partial charge in [-0.15, -0.1) is 0 Å². The Morgan fingerprint density at radius 3 is 2.60 bits per heavy atom. The fourth-order valence-corrected chi connectivity index (χ4v) is 2.84. The lowest BCUT2D eigenvalue weighted by molar-refractivity contribution is -0.138. The van der Waals surface area contributed by atoms with Gasteiger partial charge < -0.3 is 15.4 Å². The fourth-order valence-electron chi connectivity index (χ4n) is 2.84. The number of methoxy groups -OCH3 is 1. The van der Waals surface area contributed by atoms with E-state index in [1.54, 1.807) is 24.3 Å². The van der Waals surface area contributed by atoms with E-state index in [0.717, 1.165) is 6.07 Å². The number of anilines is 2. The highest BCUT2D eigenvalue weighted by Gasteiger charge is 2.33. The summed E-state index contributed by atoms with van der Waals surface area (Å²) in [6, 6.07) is 12.0. The summed E-state index contributed by atoms with van der Waals surface area (Å²) in [6.45, 7) is 1.59. The molecule has 9 heteroatoms. The van der Waals surface area contributed by atoms with Crippen LogP contribution in [-0.2, 0) is 12.7 Å². The van der Waals surface area contributed by atoms with E-state index >= 15 is 0 Å². The minimum Gasteiger partial charge on any atom is -0.481 e. The van der Waals surface area contributed by atoms with Crippen molar-refractivity contribution in [3.05, 3.63) is 77.1 Å². The largest absolute Gasteiger partial charge is 0.481 e. The molecule has 1 aromatic carbocycles. The standard InChI is InChI=1S/C21H19F3N4O2/c1-13-16(21(22,23)24)8-4-9-17(13)28-20(29)15-7-5-11-25-19(15)26-12-14-6-3-10-18(27-14)30-2/h3-11H,12H2,1-2H3,(H,25,26)(H,28,29). The molecule has 30 heavy (non-hydrogen) atoms. The molecule has 0 saturated heterocycles. The van der Waals surface area contributed by atoms with Gasteiger partial charge in [-0.05, 0) is 42.8 Å². The number of benzene rings is 1. The number of nitrogens with zero attached hydrogens (tertiary/aromatic N) is 2. The summed E-state index contributed by atoms with van der Waals surface area (Å²) in [5.74, 6) is 0.157. The predicted molar refractivity (Wildman–Crippen MR) is 106 cm³/mol. The van der Waals surface area contributed by atoms with Crippen molar-refractivity contribution in [1.82, 2.24) is 9.97 Å². The van der Waals surface area contributed by atoms with Gasteiger partial charge in [0.1, 0.15) is 5.82 Å². The molecule has 6 nitrogen and oxygen atoms in total. The van der Waals surface area contributed by atoms with E-state index in [1.807, 2.05) is 0 Å². The van der Waals surface area contributed by atoms with Gasteiger partial charge in [-0.1, -0.05) is 12.1 Å². The second-order valence-corrected chi connectivity index (χ2v) is 6.35. The van der Waals surface area contributed by atoms with E-state index in [9.17, 15) is 18.0 Å². The van der Waals surface area contributed by atoms with Crippen LogP contribution in [0.5, 0.6) is 5.88 Å². The van der Waals surface area contributed by atoms with Crippen molar-refractivity contribution in [1.29, 1.82) is 0 Å². The topological polar surface area (TPSA) is 76.1 Å². The van der Waals surface area contributed by atoms with Gasteiger partial charge in [0.05, 0.1) is 30.5 Å². The Kier molecular flexibility index (Phi) is 6.20. The van der Waals surface area contributed by atoms with Crippen molar-refractivity contribution < 1.29 is 22.7 Å². The highest BCUT2D eigenvalue weighted by atomic mass is 19.4. The van der Waals surface area contributed by atoms with E-state index in [0.29, 0.717) is 11.6 Å². The third-order valence-corrected chi connectivity index (χ3v) is 4.37. The number of aromatic nitrogens is 2. The second kappa shape index (κ2) is 8.81. The van der Waals surface area contributed by atoms with E-state index < -0.39 is 17.6 Å². The number of rotatable bonds is 6. The molecular formula is C21H19F3N4O2. The van der Waals surface area contributed by atoms with Crippen LogP contribution < -0.4 is 15.4 Å². The highest BCUT2D eigenvalue weighted by Crippen LogP contribution is 2.34. The monoisotopic (exact) mass is 416 g/mol. The molecule has 0 spiro atoms. The summed E-state index contributed by atoms with van der Waals surface area (Å²) in [4.78, 5) is 21.2. The maximum absolute atomic E-state index is 13.1. The number of ether oxygens (including phenoxy) is 1. The fraction of sp³-hybridized carbons (Fsp3) is 0.190. The van der Waals surface area contributed by atoms with Gasteiger partial charge in [0.2, 0.25) is 5.88 Å². The average molecular weight is 416 g/mol. The normalized spacial score (nSPS) is 11.1. The molecule has 0 aliphatic rings. The molecule has 156 valence electrons. The third-order valence-electron chi connectivity index (χ3n) is 4.37. The van der Waals surface area contributed by atoms with Crippen LogP contribution in [0.1, 0.15) is 27.2 Å².